The second kappa shape index (κ2) is 13.8. The minimum atomic E-state index is -0.280. The molecular weight excluding hydrogens is 528 g/mol. The molecule has 216 valence electrons. The number of allylic oxidation sites excluding steroid dienone is 1. The highest BCUT2D eigenvalue weighted by Crippen LogP contribution is 2.34. The van der Waals surface area contributed by atoms with E-state index in [4.69, 9.17) is 14.5 Å². The highest BCUT2D eigenvalue weighted by atomic mass is 16.5. The van der Waals surface area contributed by atoms with Crippen LogP contribution in [0.1, 0.15) is 61.9 Å². The summed E-state index contributed by atoms with van der Waals surface area (Å²) in [5, 5.41) is 8.05. The summed E-state index contributed by atoms with van der Waals surface area (Å²) in [6.07, 6.45) is 9.32. The summed E-state index contributed by atoms with van der Waals surface area (Å²) in [4.78, 5) is 31.1. The van der Waals surface area contributed by atoms with Gasteiger partial charge in [-0.1, -0.05) is 55.7 Å². The molecule has 1 aliphatic rings. The first-order valence-corrected chi connectivity index (χ1v) is 14.5. The van der Waals surface area contributed by atoms with Crippen LogP contribution in [0, 0.1) is 0 Å². The summed E-state index contributed by atoms with van der Waals surface area (Å²) in [5.74, 6) is 1.57. The van der Waals surface area contributed by atoms with Gasteiger partial charge >= 0.3 is 0 Å². The van der Waals surface area contributed by atoms with Crippen molar-refractivity contribution in [3.8, 4) is 11.5 Å². The second-order valence-electron chi connectivity index (χ2n) is 10.3. The van der Waals surface area contributed by atoms with Gasteiger partial charge in [-0.25, -0.2) is 4.98 Å². The highest BCUT2D eigenvalue weighted by Gasteiger charge is 2.22. The number of benzene rings is 3. The number of para-hydroxylation sites is 2. The van der Waals surface area contributed by atoms with Crippen molar-refractivity contribution in [2.45, 2.75) is 51.4 Å². The predicted molar refractivity (Wildman–Crippen MR) is 167 cm³/mol. The molecule has 0 aliphatic heterocycles. The third-order valence-electron chi connectivity index (χ3n) is 7.29. The predicted octanol–water partition coefficient (Wildman–Crippen LogP) is 6.47. The van der Waals surface area contributed by atoms with Gasteiger partial charge in [0.15, 0.2) is 18.1 Å². The molecule has 0 atom stereocenters. The molecule has 1 fully saturated rings. The number of aromatic nitrogens is 2. The van der Waals surface area contributed by atoms with Gasteiger partial charge in [0.2, 0.25) is 0 Å². The summed E-state index contributed by atoms with van der Waals surface area (Å²) in [6, 6.07) is 20.4. The van der Waals surface area contributed by atoms with Crippen LogP contribution < -0.4 is 20.3 Å². The monoisotopic (exact) mass is 564 g/mol. The molecule has 1 heterocycles. The van der Waals surface area contributed by atoms with Crippen molar-refractivity contribution in [1.82, 2.24) is 9.66 Å². The van der Waals surface area contributed by atoms with Crippen molar-refractivity contribution in [3.05, 3.63) is 107 Å². The molecule has 0 saturated heterocycles. The summed E-state index contributed by atoms with van der Waals surface area (Å²) in [5.41, 5.74) is 2.73. The van der Waals surface area contributed by atoms with Crippen molar-refractivity contribution in [1.29, 1.82) is 0 Å². The lowest BCUT2D eigenvalue weighted by Crippen LogP contribution is -2.25. The van der Waals surface area contributed by atoms with Crippen molar-refractivity contribution >= 4 is 28.7 Å². The van der Waals surface area contributed by atoms with Gasteiger partial charge in [0.05, 0.1) is 23.7 Å². The molecule has 0 unspecified atom stereocenters. The lowest BCUT2D eigenvalue weighted by atomic mass is 9.88. The third kappa shape index (κ3) is 6.77. The number of anilines is 1. The SMILES string of the molecule is C=CCc1cc(C=Nn2c(C3CCCCC3)nc3ccccc3c2=O)cc(OCC)c1OCC(=O)Nc1ccccc1. The van der Waals surface area contributed by atoms with Gasteiger partial charge in [0, 0.05) is 17.2 Å². The maximum Gasteiger partial charge on any atom is 0.282 e. The molecule has 42 heavy (non-hydrogen) atoms. The maximum atomic E-state index is 13.6. The molecule has 0 radical (unpaired) electrons. The van der Waals surface area contributed by atoms with Crippen molar-refractivity contribution in [2.24, 2.45) is 5.10 Å². The number of amides is 1. The number of fused-ring (bicyclic) bond motifs is 1. The van der Waals surface area contributed by atoms with Crippen LogP contribution in [0.25, 0.3) is 10.9 Å². The smallest absolute Gasteiger partial charge is 0.282 e. The Morgan fingerprint density at radius 2 is 1.83 bits per heavy atom. The van der Waals surface area contributed by atoms with Gasteiger partial charge in [-0.2, -0.15) is 9.78 Å². The third-order valence-corrected chi connectivity index (χ3v) is 7.29. The van der Waals surface area contributed by atoms with E-state index >= 15 is 0 Å². The fraction of sp³-hybridized carbons (Fsp3) is 0.294. The number of hydrogen-bond acceptors (Lipinski definition) is 6. The minimum absolute atomic E-state index is 0.182. The number of ether oxygens (including phenoxy) is 2. The molecule has 4 aromatic rings. The van der Waals surface area contributed by atoms with Gasteiger partial charge in [0.25, 0.3) is 11.5 Å². The van der Waals surface area contributed by atoms with Crippen LogP contribution in [0.15, 0.2) is 89.3 Å². The molecule has 1 aromatic heterocycles. The Morgan fingerprint density at radius 1 is 1.07 bits per heavy atom. The number of nitrogens with zero attached hydrogens (tertiary/aromatic N) is 3. The Kier molecular flexibility index (Phi) is 9.44. The second-order valence-corrected chi connectivity index (χ2v) is 10.3. The Labute approximate surface area is 245 Å². The van der Waals surface area contributed by atoms with Gasteiger partial charge in [0.1, 0.15) is 5.82 Å². The molecule has 0 spiro atoms. The normalized spacial score (nSPS) is 13.7. The van der Waals surface area contributed by atoms with Crippen LogP contribution in [0.3, 0.4) is 0 Å². The molecule has 5 rings (SSSR count). The first-order valence-electron chi connectivity index (χ1n) is 14.5. The Balaban J connectivity index is 1.47. The fourth-order valence-corrected chi connectivity index (χ4v) is 5.35. The molecule has 8 heteroatoms. The largest absolute Gasteiger partial charge is 0.490 e. The van der Waals surface area contributed by atoms with E-state index in [1.54, 1.807) is 18.4 Å². The Morgan fingerprint density at radius 3 is 2.60 bits per heavy atom. The lowest BCUT2D eigenvalue weighted by Gasteiger charge is -2.22. The van der Waals surface area contributed by atoms with E-state index in [0.717, 1.165) is 36.8 Å². The average Bonchev–Trinajstić information content (AvgIpc) is 3.01. The molecule has 1 N–H and O–H groups in total. The zero-order chi connectivity index (χ0) is 29.3. The van der Waals surface area contributed by atoms with Crippen LogP contribution in [-0.2, 0) is 11.2 Å². The number of rotatable bonds is 11. The lowest BCUT2D eigenvalue weighted by molar-refractivity contribution is -0.118. The molecule has 1 amide bonds. The van der Waals surface area contributed by atoms with Gasteiger partial charge in [-0.15, -0.1) is 6.58 Å². The molecule has 3 aromatic carbocycles. The first kappa shape index (κ1) is 28.8. The minimum Gasteiger partial charge on any atom is -0.490 e. The van der Waals surface area contributed by atoms with Gasteiger partial charge < -0.3 is 14.8 Å². The van der Waals surface area contributed by atoms with Crippen LogP contribution in [0.2, 0.25) is 0 Å². The van der Waals surface area contributed by atoms with E-state index in [1.165, 1.54) is 11.1 Å². The molecular formula is C34H36N4O4. The van der Waals surface area contributed by atoms with E-state index in [2.05, 4.69) is 17.0 Å². The fourth-order valence-electron chi connectivity index (χ4n) is 5.35. The van der Waals surface area contributed by atoms with Gasteiger partial charge in [-0.3, -0.25) is 9.59 Å². The van der Waals surface area contributed by atoms with Crippen molar-refractivity contribution in [2.75, 3.05) is 18.5 Å². The Bertz CT molecular complexity index is 1640. The van der Waals surface area contributed by atoms with E-state index in [0.29, 0.717) is 46.9 Å². The standard InChI is InChI=1S/C34H36N4O4/c1-3-13-26-20-24(21-30(41-4-2)32(26)42-23-31(39)36-27-16-9-6-10-17-27)22-35-38-33(25-14-7-5-8-15-25)37-29-19-12-11-18-28(29)34(38)40/h3,6,9-12,16-22,25H,1,4-5,7-8,13-15,23H2,2H3,(H,36,39). The van der Waals surface area contributed by atoms with Gasteiger partial charge in [-0.05, 0) is 68.1 Å². The average molecular weight is 565 g/mol. The van der Waals surface area contributed by atoms with Crippen molar-refractivity contribution in [3.63, 3.8) is 0 Å². The van der Waals surface area contributed by atoms with Crippen LogP contribution in [0.4, 0.5) is 5.69 Å². The number of nitrogens with one attached hydrogen (secondary N) is 1. The van der Waals surface area contributed by atoms with Crippen molar-refractivity contribution < 1.29 is 14.3 Å². The first-order chi connectivity index (χ1) is 20.6. The zero-order valence-corrected chi connectivity index (χ0v) is 23.9. The van der Waals surface area contributed by atoms with Crippen LogP contribution in [-0.4, -0.2) is 35.0 Å². The van der Waals surface area contributed by atoms with E-state index < -0.39 is 0 Å². The topological polar surface area (TPSA) is 94.8 Å². The van der Waals surface area contributed by atoms with E-state index in [9.17, 15) is 9.59 Å². The molecule has 1 aliphatic carbocycles. The van der Waals surface area contributed by atoms with Crippen LogP contribution >= 0.6 is 0 Å². The number of carbonyl (C=O) groups is 1. The zero-order valence-electron chi connectivity index (χ0n) is 23.9. The van der Waals surface area contributed by atoms with E-state index in [1.807, 2.05) is 67.6 Å². The summed E-state index contributed by atoms with van der Waals surface area (Å²) >= 11 is 0. The number of carbonyl (C=O) groups excluding carboxylic acids is 1. The maximum absolute atomic E-state index is 13.6. The summed E-state index contributed by atoms with van der Waals surface area (Å²) in [6.45, 7) is 5.99. The highest BCUT2D eigenvalue weighted by molar-refractivity contribution is 5.92. The quantitative estimate of drug-likeness (QED) is 0.166. The molecule has 8 nitrogen and oxygen atoms in total. The van der Waals surface area contributed by atoms with E-state index in [-0.39, 0.29) is 24.0 Å². The molecule has 0 bridgehead atoms. The van der Waals surface area contributed by atoms with Crippen LogP contribution in [0.5, 0.6) is 11.5 Å². The summed E-state index contributed by atoms with van der Waals surface area (Å²) in [7, 11) is 0. The molecule has 1 saturated carbocycles. The number of hydrogen-bond donors (Lipinski definition) is 1. The Hall–Kier alpha value is -4.72. The summed E-state index contributed by atoms with van der Waals surface area (Å²) < 4.78 is 13.4.